The second kappa shape index (κ2) is 2.27. The summed E-state index contributed by atoms with van der Waals surface area (Å²) >= 11 is 3.97. The number of ketones is 1. The minimum absolute atomic E-state index is 0.0926. The van der Waals surface area contributed by atoms with Crippen molar-refractivity contribution in [3.8, 4) is 0 Å². The second-order valence-corrected chi connectivity index (χ2v) is 2.17. The lowest BCUT2D eigenvalue weighted by molar-refractivity contribution is 0.0983. The third-order valence-electron chi connectivity index (χ3n) is 0.964. The van der Waals surface area contributed by atoms with Crippen LogP contribution in [0.4, 0.5) is 0 Å². The van der Waals surface area contributed by atoms with Crippen molar-refractivity contribution in [1.82, 2.24) is 0 Å². The Bertz CT molecular complexity index is 227. The van der Waals surface area contributed by atoms with Crippen molar-refractivity contribution in [3.63, 3.8) is 0 Å². The number of hydrogen-bond donors (Lipinski definition) is 1. The molecule has 0 atom stereocenters. The first-order valence-electron chi connectivity index (χ1n) is 2.49. The minimum Gasteiger partial charge on any atom is -0.460 e. The van der Waals surface area contributed by atoms with Crippen LogP contribution in [-0.4, -0.2) is 5.78 Å². The zero-order chi connectivity index (χ0) is 6.85. The van der Waals surface area contributed by atoms with Gasteiger partial charge in [-0.15, -0.1) is 12.6 Å². The summed E-state index contributed by atoms with van der Waals surface area (Å²) in [5.41, 5.74) is 0. The maximum absolute atomic E-state index is 10.6. The highest BCUT2D eigenvalue weighted by molar-refractivity contribution is 7.80. The maximum Gasteiger partial charge on any atom is 0.196 e. The molecule has 3 heteroatoms. The molecule has 0 aliphatic rings. The molecule has 0 N–H and O–H groups in total. The van der Waals surface area contributed by atoms with E-state index in [0.29, 0.717) is 10.7 Å². The van der Waals surface area contributed by atoms with Gasteiger partial charge in [0.2, 0.25) is 0 Å². The van der Waals surface area contributed by atoms with E-state index in [1.54, 1.807) is 6.07 Å². The fourth-order valence-corrected chi connectivity index (χ4v) is 0.837. The Morgan fingerprint density at radius 3 is 2.67 bits per heavy atom. The van der Waals surface area contributed by atoms with Crippen LogP contribution in [0.25, 0.3) is 0 Å². The van der Waals surface area contributed by atoms with Crippen LogP contribution >= 0.6 is 12.6 Å². The first kappa shape index (κ1) is 6.42. The van der Waals surface area contributed by atoms with Crippen molar-refractivity contribution in [3.05, 3.63) is 18.1 Å². The third-order valence-corrected chi connectivity index (χ3v) is 1.32. The topological polar surface area (TPSA) is 30.2 Å². The number of carbonyl (C=O) groups is 1. The molecule has 1 aromatic heterocycles. The molecule has 0 saturated carbocycles. The Kier molecular flexibility index (Phi) is 1.62. The molecule has 48 valence electrons. The predicted molar refractivity (Wildman–Crippen MR) is 36.0 cm³/mol. The Morgan fingerprint density at radius 1 is 1.78 bits per heavy atom. The number of furan rings is 1. The van der Waals surface area contributed by atoms with Crippen LogP contribution in [0.3, 0.4) is 0 Å². The summed E-state index contributed by atoms with van der Waals surface area (Å²) in [6.45, 7) is 1.44. The van der Waals surface area contributed by atoms with Crippen LogP contribution in [0, 0.1) is 0 Å². The van der Waals surface area contributed by atoms with Crippen molar-refractivity contribution in [2.45, 2.75) is 11.8 Å². The van der Waals surface area contributed by atoms with Crippen LogP contribution < -0.4 is 0 Å². The minimum atomic E-state index is -0.0926. The van der Waals surface area contributed by atoms with Gasteiger partial charge in [0.1, 0.15) is 0 Å². The van der Waals surface area contributed by atoms with E-state index in [-0.39, 0.29) is 5.78 Å². The van der Waals surface area contributed by atoms with E-state index in [1.807, 2.05) is 0 Å². The molecule has 0 fully saturated rings. The summed E-state index contributed by atoms with van der Waals surface area (Å²) in [5, 5.41) is 0. The first-order chi connectivity index (χ1) is 4.22. The first-order valence-corrected chi connectivity index (χ1v) is 2.94. The van der Waals surface area contributed by atoms with Gasteiger partial charge in [-0.1, -0.05) is 0 Å². The number of Topliss-reactive ketones (excluding diaryl/α,β-unsaturated/α-hetero) is 1. The molecule has 0 unspecified atom stereocenters. The molecule has 2 nitrogen and oxygen atoms in total. The fraction of sp³-hybridized carbons (Fsp3) is 0.167. The molecule has 0 spiro atoms. The zero-order valence-corrected chi connectivity index (χ0v) is 5.81. The molecule has 9 heavy (non-hydrogen) atoms. The van der Waals surface area contributed by atoms with Crippen LogP contribution in [0.15, 0.2) is 21.6 Å². The van der Waals surface area contributed by atoms with Gasteiger partial charge in [-0.2, -0.15) is 0 Å². The highest BCUT2D eigenvalue weighted by Crippen LogP contribution is 2.14. The average molecular weight is 142 g/mol. The molecule has 0 radical (unpaired) electrons. The molecule has 0 saturated heterocycles. The summed E-state index contributed by atoms with van der Waals surface area (Å²) in [6.07, 6.45) is 1.44. The van der Waals surface area contributed by atoms with E-state index >= 15 is 0 Å². The highest BCUT2D eigenvalue weighted by atomic mass is 32.1. The molecule has 1 heterocycles. The number of hydrogen-bond acceptors (Lipinski definition) is 3. The number of thiol groups is 1. The predicted octanol–water partition coefficient (Wildman–Crippen LogP) is 1.77. The van der Waals surface area contributed by atoms with E-state index in [9.17, 15) is 4.79 Å². The van der Waals surface area contributed by atoms with Crippen LogP contribution in [0.1, 0.15) is 17.5 Å². The summed E-state index contributed by atoms with van der Waals surface area (Å²) in [5.74, 6) is 0.239. The van der Waals surface area contributed by atoms with Gasteiger partial charge in [0, 0.05) is 6.92 Å². The van der Waals surface area contributed by atoms with Crippen molar-refractivity contribution >= 4 is 18.4 Å². The quantitative estimate of drug-likeness (QED) is 0.478. The SMILES string of the molecule is CC(=O)c1occc1S. The molecule has 1 aromatic rings. The molecule has 0 aliphatic heterocycles. The van der Waals surface area contributed by atoms with Gasteiger partial charge >= 0.3 is 0 Å². The lowest BCUT2D eigenvalue weighted by Crippen LogP contribution is -1.88. The molecule has 1 rings (SSSR count). The molecule has 0 bridgehead atoms. The smallest absolute Gasteiger partial charge is 0.196 e. The van der Waals surface area contributed by atoms with E-state index in [0.717, 1.165) is 0 Å². The summed E-state index contributed by atoms with van der Waals surface area (Å²) in [6, 6.07) is 1.64. The zero-order valence-electron chi connectivity index (χ0n) is 4.92. The average Bonchev–Trinajstić information content (AvgIpc) is 2.13. The molecular formula is C6H6O2S. The number of rotatable bonds is 1. The van der Waals surface area contributed by atoms with Crippen molar-refractivity contribution in [2.75, 3.05) is 0 Å². The Hall–Kier alpha value is -0.700. The van der Waals surface area contributed by atoms with Crippen molar-refractivity contribution in [1.29, 1.82) is 0 Å². The van der Waals surface area contributed by atoms with Gasteiger partial charge in [0.15, 0.2) is 11.5 Å². The monoisotopic (exact) mass is 142 g/mol. The van der Waals surface area contributed by atoms with Crippen molar-refractivity contribution < 1.29 is 9.21 Å². The lowest BCUT2D eigenvalue weighted by atomic mass is 10.3. The molecule has 0 amide bonds. The van der Waals surface area contributed by atoms with Crippen LogP contribution in [0.2, 0.25) is 0 Å². The van der Waals surface area contributed by atoms with E-state index < -0.39 is 0 Å². The standard InChI is InChI=1S/C6H6O2S/c1-4(7)6-5(9)2-3-8-6/h2-3,9H,1H3. The van der Waals surface area contributed by atoms with Gasteiger partial charge in [0.25, 0.3) is 0 Å². The van der Waals surface area contributed by atoms with Gasteiger partial charge in [-0.05, 0) is 6.07 Å². The normalized spacial score (nSPS) is 9.56. The van der Waals surface area contributed by atoms with Crippen molar-refractivity contribution in [2.24, 2.45) is 0 Å². The largest absolute Gasteiger partial charge is 0.460 e. The maximum atomic E-state index is 10.6. The highest BCUT2D eigenvalue weighted by Gasteiger charge is 2.05. The van der Waals surface area contributed by atoms with Gasteiger partial charge in [0.05, 0.1) is 11.2 Å². The lowest BCUT2D eigenvalue weighted by Gasteiger charge is -1.85. The van der Waals surface area contributed by atoms with Crippen LogP contribution in [0.5, 0.6) is 0 Å². The third kappa shape index (κ3) is 1.16. The van der Waals surface area contributed by atoms with E-state index in [2.05, 4.69) is 12.6 Å². The van der Waals surface area contributed by atoms with Gasteiger partial charge in [-0.3, -0.25) is 4.79 Å². The van der Waals surface area contributed by atoms with Crippen LogP contribution in [-0.2, 0) is 0 Å². The summed E-state index contributed by atoms with van der Waals surface area (Å²) in [7, 11) is 0. The van der Waals surface area contributed by atoms with E-state index in [1.165, 1.54) is 13.2 Å². The fourth-order valence-electron chi connectivity index (χ4n) is 0.566. The number of carbonyl (C=O) groups excluding carboxylic acids is 1. The molecule has 0 aliphatic carbocycles. The van der Waals surface area contributed by atoms with Gasteiger partial charge in [-0.25, -0.2) is 0 Å². The molecular weight excluding hydrogens is 136 g/mol. The Morgan fingerprint density at radius 2 is 2.44 bits per heavy atom. The van der Waals surface area contributed by atoms with E-state index in [4.69, 9.17) is 4.42 Å². The summed E-state index contributed by atoms with van der Waals surface area (Å²) < 4.78 is 4.80. The van der Waals surface area contributed by atoms with Gasteiger partial charge < -0.3 is 4.42 Å². The summed E-state index contributed by atoms with van der Waals surface area (Å²) in [4.78, 5) is 11.2. The molecule has 0 aromatic carbocycles. The Labute approximate surface area is 58.3 Å². The second-order valence-electron chi connectivity index (χ2n) is 1.69. The Balaban J connectivity index is 3.08.